The number of Topliss-reactive ketones (excluding diaryl/α,β-unsaturated/α-hetero) is 1. The maximum Gasteiger partial charge on any atom is 0.337 e. The van der Waals surface area contributed by atoms with E-state index < -0.39 is 0 Å². The molecular formula is C44H53N5O7. The molecule has 56 heavy (non-hydrogen) atoms. The van der Waals surface area contributed by atoms with Crippen LogP contribution in [0.25, 0.3) is 0 Å². The van der Waals surface area contributed by atoms with Crippen molar-refractivity contribution in [3.05, 3.63) is 119 Å². The van der Waals surface area contributed by atoms with Gasteiger partial charge in [-0.25, -0.2) is 14.4 Å². The Balaban J connectivity index is 0.000000214. The Kier molecular flexibility index (Phi) is 15.3. The van der Waals surface area contributed by atoms with E-state index in [4.69, 9.17) is 19.9 Å². The van der Waals surface area contributed by atoms with Gasteiger partial charge in [-0.05, 0) is 86.1 Å². The topological polar surface area (TPSA) is 135 Å². The summed E-state index contributed by atoms with van der Waals surface area (Å²) in [6, 6.07) is 29.4. The fourth-order valence-corrected chi connectivity index (χ4v) is 6.87. The smallest absolute Gasteiger partial charge is 0.337 e. The zero-order valence-corrected chi connectivity index (χ0v) is 32.7. The molecule has 4 aromatic carbocycles. The van der Waals surface area contributed by atoms with Gasteiger partial charge < -0.3 is 29.7 Å². The van der Waals surface area contributed by atoms with E-state index in [1.807, 2.05) is 82.6 Å². The lowest BCUT2D eigenvalue weighted by Gasteiger charge is -2.33. The normalized spacial score (nSPS) is 13.8. The first-order valence-electron chi connectivity index (χ1n) is 19.2. The van der Waals surface area contributed by atoms with Gasteiger partial charge in [-0.15, -0.1) is 0 Å². The summed E-state index contributed by atoms with van der Waals surface area (Å²) in [4.78, 5) is 57.4. The molecule has 2 heterocycles. The zero-order chi connectivity index (χ0) is 39.9. The van der Waals surface area contributed by atoms with E-state index in [1.165, 1.54) is 7.11 Å². The second-order valence-electron chi connectivity index (χ2n) is 13.7. The third-order valence-electron chi connectivity index (χ3n) is 9.98. The maximum atomic E-state index is 13.3. The monoisotopic (exact) mass is 763 g/mol. The number of urea groups is 2. The first-order valence-corrected chi connectivity index (χ1v) is 19.2. The van der Waals surface area contributed by atoms with Crippen molar-refractivity contribution in [3.8, 4) is 11.5 Å². The van der Waals surface area contributed by atoms with E-state index in [2.05, 4.69) is 0 Å². The van der Waals surface area contributed by atoms with Gasteiger partial charge in [-0.2, -0.15) is 0 Å². The minimum absolute atomic E-state index is 0.0138. The Labute approximate surface area is 329 Å². The summed E-state index contributed by atoms with van der Waals surface area (Å²) in [7, 11) is 4.57. The van der Waals surface area contributed by atoms with Crippen molar-refractivity contribution in [1.82, 2.24) is 9.80 Å². The van der Waals surface area contributed by atoms with Crippen LogP contribution in [0.5, 0.6) is 11.5 Å². The molecule has 4 amide bonds. The van der Waals surface area contributed by atoms with Crippen molar-refractivity contribution in [2.45, 2.75) is 51.6 Å². The van der Waals surface area contributed by atoms with Crippen molar-refractivity contribution < 1.29 is 33.4 Å². The molecule has 2 N–H and O–H groups in total. The van der Waals surface area contributed by atoms with E-state index in [1.54, 1.807) is 48.3 Å². The second kappa shape index (κ2) is 20.7. The highest BCUT2D eigenvalue weighted by molar-refractivity contribution is 5.98. The summed E-state index contributed by atoms with van der Waals surface area (Å²) in [5.74, 6) is 0.830. The highest BCUT2D eigenvalue weighted by Gasteiger charge is 2.27. The molecule has 0 aromatic heterocycles. The third kappa shape index (κ3) is 10.7. The quantitative estimate of drug-likeness (QED) is 0.122. The molecule has 4 aromatic rings. The number of rotatable bonds is 11. The number of para-hydroxylation sites is 4. The number of benzene rings is 4. The lowest BCUT2D eigenvalue weighted by Crippen LogP contribution is -2.45. The number of amides is 4. The van der Waals surface area contributed by atoms with Gasteiger partial charge in [0.1, 0.15) is 11.5 Å². The van der Waals surface area contributed by atoms with Crippen LogP contribution >= 0.6 is 0 Å². The molecule has 0 unspecified atom stereocenters. The van der Waals surface area contributed by atoms with Crippen LogP contribution < -0.4 is 25.0 Å². The molecule has 0 saturated carbocycles. The number of carbonyl (C=O) groups is 4. The van der Waals surface area contributed by atoms with Crippen molar-refractivity contribution in [3.63, 3.8) is 0 Å². The number of methoxy groups -OCH3 is 3. The Hall–Kier alpha value is -5.88. The van der Waals surface area contributed by atoms with Crippen LogP contribution in [0.2, 0.25) is 0 Å². The van der Waals surface area contributed by atoms with Crippen LogP contribution in [0.15, 0.2) is 97.1 Å². The number of nitrogens with zero attached hydrogens (tertiary/aromatic N) is 4. The van der Waals surface area contributed by atoms with E-state index in [0.29, 0.717) is 35.7 Å². The fraction of sp³-hybridized carbons (Fsp3) is 0.364. The van der Waals surface area contributed by atoms with Gasteiger partial charge in [0.05, 0.1) is 57.9 Å². The summed E-state index contributed by atoms with van der Waals surface area (Å²) in [5.41, 5.74) is 9.82. The lowest BCUT2D eigenvalue weighted by molar-refractivity contribution is 0.0600. The van der Waals surface area contributed by atoms with Crippen LogP contribution in [0, 0.1) is 0 Å². The summed E-state index contributed by atoms with van der Waals surface area (Å²) in [5, 5.41) is 0. The first-order chi connectivity index (χ1) is 27.3. The predicted molar refractivity (Wildman–Crippen MR) is 218 cm³/mol. The molecule has 2 fully saturated rings. The molecular weight excluding hydrogens is 711 g/mol. The van der Waals surface area contributed by atoms with Crippen LogP contribution in [-0.2, 0) is 17.8 Å². The van der Waals surface area contributed by atoms with Crippen molar-refractivity contribution in [2.24, 2.45) is 5.73 Å². The predicted octanol–water partition coefficient (Wildman–Crippen LogP) is 7.54. The fourth-order valence-electron chi connectivity index (χ4n) is 6.87. The van der Waals surface area contributed by atoms with E-state index in [-0.39, 0.29) is 30.4 Å². The van der Waals surface area contributed by atoms with Crippen LogP contribution in [0.4, 0.5) is 21.0 Å². The van der Waals surface area contributed by atoms with Gasteiger partial charge in [0.25, 0.3) is 0 Å². The maximum absolute atomic E-state index is 13.3. The molecule has 12 heteroatoms. The number of likely N-dealkylation sites (tertiary alicyclic amines) is 2. The molecule has 0 aliphatic carbocycles. The van der Waals surface area contributed by atoms with Gasteiger partial charge in [0, 0.05) is 31.7 Å². The molecule has 6 rings (SSSR count). The minimum Gasteiger partial charge on any atom is -0.495 e. The minimum atomic E-state index is -0.377. The Morgan fingerprint density at radius 1 is 0.554 bits per heavy atom. The molecule has 12 nitrogen and oxygen atoms in total. The molecule has 2 aliphatic rings. The van der Waals surface area contributed by atoms with Gasteiger partial charge in [0.2, 0.25) is 0 Å². The number of hydrogen-bond donors (Lipinski definition) is 1. The standard InChI is InChI=1S/C22H27N3O3.C22H26N2O4/c1-28-21-8-4-3-7-19(21)25(22(27)24-13-5-2-6-14-24)16-17-9-11-18(12-10-17)20(26)15-23;1-27-20-9-5-4-8-19(20)24(22(26)23-14-6-3-7-15-23)16-17-10-12-18(13-11-17)21(25)28-2/h3-4,7-12H,2,5-6,13-16,23H2,1H3;4-5,8-13H,3,6-7,14-16H2,1-2H3. The number of anilines is 2. The highest BCUT2D eigenvalue weighted by Crippen LogP contribution is 2.32. The number of ether oxygens (including phenoxy) is 3. The number of ketones is 1. The first kappa shape index (κ1) is 41.3. The third-order valence-corrected chi connectivity index (χ3v) is 9.98. The van der Waals surface area contributed by atoms with Crippen LogP contribution in [0.3, 0.4) is 0 Å². The highest BCUT2D eigenvalue weighted by atomic mass is 16.5. The molecule has 0 bridgehead atoms. The molecule has 0 spiro atoms. The average Bonchev–Trinajstić information content (AvgIpc) is 3.27. The number of esters is 1. The molecule has 296 valence electrons. The molecule has 2 saturated heterocycles. The summed E-state index contributed by atoms with van der Waals surface area (Å²) in [6.45, 7) is 3.85. The van der Waals surface area contributed by atoms with E-state index >= 15 is 0 Å². The molecule has 2 aliphatic heterocycles. The number of nitrogens with two attached hydrogens (primary N) is 1. The lowest BCUT2D eigenvalue weighted by atomic mass is 10.1. The van der Waals surface area contributed by atoms with Crippen molar-refractivity contribution in [1.29, 1.82) is 0 Å². The molecule has 0 radical (unpaired) electrons. The summed E-state index contributed by atoms with van der Waals surface area (Å²) in [6.07, 6.45) is 6.43. The summed E-state index contributed by atoms with van der Waals surface area (Å²) >= 11 is 0. The SMILES string of the molecule is COC(=O)c1ccc(CN(C(=O)N2CCCCC2)c2ccccc2OC)cc1.COc1ccccc1N(Cc1ccc(C(=O)CN)cc1)C(=O)N1CCCCC1. The van der Waals surface area contributed by atoms with Gasteiger partial charge in [-0.1, -0.05) is 60.7 Å². The Morgan fingerprint density at radius 2 is 0.946 bits per heavy atom. The van der Waals surface area contributed by atoms with Crippen molar-refractivity contribution in [2.75, 3.05) is 63.9 Å². The number of carbonyl (C=O) groups excluding carboxylic acids is 4. The average molecular weight is 764 g/mol. The van der Waals surface area contributed by atoms with Gasteiger partial charge >= 0.3 is 18.0 Å². The molecule has 0 atom stereocenters. The van der Waals surface area contributed by atoms with E-state index in [0.717, 1.165) is 87.2 Å². The Bertz CT molecular complexity index is 1770. The van der Waals surface area contributed by atoms with Crippen molar-refractivity contribution >= 4 is 35.2 Å². The summed E-state index contributed by atoms with van der Waals surface area (Å²) < 4.78 is 15.7. The zero-order valence-electron chi connectivity index (χ0n) is 32.7. The van der Waals surface area contributed by atoms with E-state index in [9.17, 15) is 19.2 Å². The second-order valence-corrected chi connectivity index (χ2v) is 13.7. The number of piperidine rings is 2. The Morgan fingerprint density at radius 3 is 1.32 bits per heavy atom. The van der Waals surface area contributed by atoms with Gasteiger partial charge in [0.15, 0.2) is 5.78 Å². The van der Waals surface area contributed by atoms with Gasteiger partial charge in [-0.3, -0.25) is 14.6 Å². The van der Waals surface area contributed by atoms with Crippen LogP contribution in [0.1, 0.15) is 70.4 Å². The number of hydrogen-bond acceptors (Lipinski definition) is 8. The largest absolute Gasteiger partial charge is 0.495 e. The van der Waals surface area contributed by atoms with Crippen LogP contribution in [-0.4, -0.2) is 87.7 Å².